The maximum Gasteiger partial charge on any atom is 0.270 e. The van der Waals surface area contributed by atoms with Gasteiger partial charge in [0.25, 0.3) is 5.69 Å². The summed E-state index contributed by atoms with van der Waals surface area (Å²) in [6.07, 6.45) is 1.69. The van der Waals surface area contributed by atoms with Crippen LogP contribution in [0.1, 0.15) is 23.6 Å². The highest BCUT2D eigenvalue weighted by Gasteiger charge is 2.23. The van der Waals surface area contributed by atoms with E-state index in [0.29, 0.717) is 5.02 Å². The standard InChI is InChI=1S/C15H12BrClN2O2/c16-13-8-12(19(20)21)7-10-3-6-14(18-15(10)13)9-1-4-11(17)5-2-9/h1-2,4-5,7-8,14,18H,3,6H2. The van der Waals surface area contributed by atoms with E-state index >= 15 is 0 Å². The average molecular weight is 368 g/mol. The third-order valence-electron chi connectivity index (χ3n) is 3.66. The first kappa shape index (κ1) is 14.4. The smallest absolute Gasteiger partial charge is 0.270 e. The maximum absolute atomic E-state index is 10.9. The molecule has 0 amide bonds. The summed E-state index contributed by atoms with van der Waals surface area (Å²) in [5.74, 6) is 0. The van der Waals surface area contributed by atoms with Crippen LogP contribution in [0.25, 0.3) is 0 Å². The third kappa shape index (κ3) is 2.89. The SMILES string of the molecule is O=[N+]([O-])c1cc(Br)c2c(c1)CCC(c1ccc(Cl)cc1)N2. The van der Waals surface area contributed by atoms with Crippen LogP contribution < -0.4 is 5.32 Å². The van der Waals surface area contributed by atoms with Gasteiger partial charge in [0, 0.05) is 21.6 Å². The molecule has 21 heavy (non-hydrogen) atoms. The van der Waals surface area contributed by atoms with Crippen LogP contribution in [-0.2, 0) is 6.42 Å². The van der Waals surface area contributed by atoms with Gasteiger partial charge in [-0.25, -0.2) is 0 Å². The van der Waals surface area contributed by atoms with Crippen molar-refractivity contribution in [2.45, 2.75) is 18.9 Å². The second-order valence-electron chi connectivity index (χ2n) is 5.01. The van der Waals surface area contributed by atoms with Crippen molar-refractivity contribution in [1.82, 2.24) is 0 Å². The van der Waals surface area contributed by atoms with E-state index in [0.717, 1.165) is 34.1 Å². The van der Waals surface area contributed by atoms with E-state index in [-0.39, 0.29) is 16.7 Å². The van der Waals surface area contributed by atoms with E-state index < -0.39 is 0 Å². The van der Waals surface area contributed by atoms with Gasteiger partial charge in [0.1, 0.15) is 0 Å². The van der Waals surface area contributed by atoms with Gasteiger partial charge in [-0.1, -0.05) is 23.7 Å². The summed E-state index contributed by atoms with van der Waals surface area (Å²) in [4.78, 5) is 10.5. The van der Waals surface area contributed by atoms with Crippen molar-refractivity contribution in [2.24, 2.45) is 0 Å². The lowest BCUT2D eigenvalue weighted by molar-refractivity contribution is -0.385. The Morgan fingerprint density at radius 3 is 2.67 bits per heavy atom. The molecule has 3 rings (SSSR count). The number of hydrogen-bond acceptors (Lipinski definition) is 3. The minimum Gasteiger partial charge on any atom is -0.377 e. The Bertz CT molecular complexity index is 704. The lowest BCUT2D eigenvalue weighted by Crippen LogP contribution is -2.18. The van der Waals surface area contributed by atoms with Crippen molar-refractivity contribution in [2.75, 3.05) is 5.32 Å². The van der Waals surface area contributed by atoms with Crippen molar-refractivity contribution in [3.05, 3.63) is 67.1 Å². The van der Waals surface area contributed by atoms with Crippen LogP contribution in [0, 0.1) is 10.1 Å². The number of aryl methyl sites for hydroxylation is 1. The van der Waals surface area contributed by atoms with Gasteiger partial charge in [0.15, 0.2) is 0 Å². The first-order chi connectivity index (χ1) is 10.0. The lowest BCUT2D eigenvalue weighted by Gasteiger charge is -2.28. The van der Waals surface area contributed by atoms with Crippen LogP contribution >= 0.6 is 27.5 Å². The molecule has 0 aliphatic carbocycles. The zero-order chi connectivity index (χ0) is 15.0. The van der Waals surface area contributed by atoms with Crippen molar-refractivity contribution >= 4 is 38.9 Å². The number of nitrogens with zero attached hydrogens (tertiary/aromatic N) is 1. The minimum absolute atomic E-state index is 0.118. The van der Waals surface area contributed by atoms with Crippen LogP contribution in [-0.4, -0.2) is 4.92 Å². The van der Waals surface area contributed by atoms with Crippen LogP contribution in [0.15, 0.2) is 40.9 Å². The summed E-state index contributed by atoms with van der Waals surface area (Å²) in [5.41, 5.74) is 3.19. The second-order valence-corrected chi connectivity index (χ2v) is 6.30. The molecule has 0 saturated heterocycles. The fourth-order valence-corrected chi connectivity index (χ4v) is 3.33. The fourth-order valence-electron chi connectivity index (χ4n) is 2.60. The number of benzene rings is 2. The molecule has 0 fully saturated rings. The van der Waals surface area contributed by atoms with Gasteiger partial charge in [0.05, 0.1) is 16.7 Å². The van der Waals surface area contributed by atoms with Crippen LogP contribution in [0.5, 0.6) is 0 Å². The largest absolute Gasteiger partial charge is 0.377 e. The molecule has 0 aromatic heterocycles. The summed E-state index contributed by atoms with van der Waals surface area (Å²) >= 11 is 9.34. The molecule has 2 aromatic rings. The molecule has 108 valence electrons. The van der Waals surface area contributed by atoms with Gasteiger partial charge in [-0.2, -0.15) is 0 Å². The summed E-state index contributed by atoms with van der Waals surface area (Å²) < 4.78 is 0.727. The predicted octanol–water partition coefficient (Wildman–Crippen LogP) is 5.11. The summed E-state index contributed by atoms with van der Waals surface area (Å²) in [6, 6.07) is 11.1. The number of nitro benzene ring substituents is 1. The minimum atomic E-state index is -0.365. The van der Waals surface area contributed by atoms with E-state index in [1.165, 1.54) is 6.07 Å². The number of anilines is 1. The van der Waals surface area contributed by atoms with Crippen LogP contribution in [0.2, 0.25) is 5.02 Å². The molecule has 2 aromatic carbocycles. The summed E-state index contributed by atoms with van der Waals surface area (Å²) in [6.45, 7) is 0. The van der Waals surface area contributed by atoms with Crippen molar-refractivity contribution < 1.29 is 4.92 Å². The Labute approximate surface area is 135 Å². The molecule has 1 heterocycles. The number of nitrogens with one attached hydrogen (secondary N) is 1. The number of non-ortho nitro benzene ring substituents is 1. The first-order valence-electron chi connectivity index (χ1n) is 6.53. The van der Waals surface area contributed by atoms with E-state index in [9.17, 15) is 10.1 Å². The Morgan fingerprint density at radius 1 is 1.29 bits per heavy atom. The normalized spacial score (nSPS) is 17.0. The Morgan fingerprint density at radius 2 is 2.00 bits per heavy atom. The predicted molar refractivity (Wildman–Crippen MR) is 86.9 cm³/mol. The van der Waals surface area contributed by atoms with Crippen molar-refractivity contribution in [1.29, 1.82) is 0 Å². The number of halogens is 2. The molecular weight excluding hydrogens is 356 g/mol. The molecule has 0 bridgehead atoms. The zero-order valence-electron chi connectivity index (χ0n) is 11.0. The molecule has 4 nitrogen and oxygen atoms in total. The van der Waals surface area contributed by atoms with Gasteiger partial charge >= 0.3 is 0 Å². The van der Waals surface area contributed by atoms with E-state index in [1.54, 1.807) is 6.07 Å². The molecule has 0 spiro atoms. The van der Waals surface area contributed by atoms with Gasteiger partial charge < -0.3 is 5.32 Å². The highest BCUT2D eigenvalue weighted by atomic mass is 79.9. The van der Waals surface area contributed by atoms with Gasteiger partial charge in [-0.05, 0) is 52.0 Å². The number of hydrogen-bond donors (Lipinski definition) is 1. The molecule has 1 aliphatic rings. The van der Waals surface area contributed by atoms with Crippen LogP contribution in [0.3, 0.4) is 0 Å². The van der Waals surface area contributed by atoms with Crippen molar-refractivity contribution in [3.63, 3.8) is 0 Å². The van der Waals surface area contributed by atoms with Gasteiger partial charge in [-0.15, -0.1) is 0 Å². The Balaban J connectivity index is 1.92. The second kappa shape index (κ2) is 5.66. The summed E-state index contributed by atoms with van der Waals surface area (Å²) in [7, 11) is 0. The fraction of sp³-hybridized carbons (Fsp3) is 0.200. The molecule has 1 N–H and O–H groups in total. The lowest BCUT2D eigenvalue weighted by atomic mass is 9.93. The first-order valence-corrected chi connectivity index (χ1v) is 7.70. The quantitative estimate of drug-likeness (QED) is 0.593. The Hall–Kier alpha value is -1.59. The molecule has 0 radical (unpaired) electrons. The Kier molecular flexibility index (Phi) is 3.87. The molecule has 1 unspecified atom stereocenters. The monoisotopic (exact) mass is 366 g/mol. The molecule has 1 aliphatic heterocycles. The maximum atomic E-state index is 10.9. The van der Waals surface area contributed by atoms with Crippen molar-refractivity contribution in [3.8, 4) is 0 Å². The number of rotatable bonds is 2. The number of nitro groups is 1. The molecule has 0 saturated carbocycles. The van der Waals surface area contributed by atoms with E-state index in [1.807, 2.05) is 24.3 Å². The highest BCUT2D eigenvalue weighted by molar-refractivity contribution is 9.10. The average Bonchev–Trinajstić information content (AvgIpc) is 2.47. The summed E-state index contributed by atoms with van der Waals surface area (Å²) in [5, 5.41) is 15.1. The molecular formula is C15H12BrClN2O2. The topological polar surface area (TPSA) is 55.2 Å². The van der Waals surface area contributed by atoms with Crippen LogP contribution in [0.4, 0.5) is 11.4 Å². The van der Waals surface area contributed by atoms with E-state index in [4.69, 9.17) is 11.6 Å². The molecule has 1 atom stereocenters. The highest BCUT2D eigenvalue weighted by Crippen LogP contribution is 2.39. The molecule has 6 heteroatoms. The van der Waals surface area contributed by atoms with Gasteiger partial charge in [0.2, 0.25) is 0 Å². The zero-order valence-corrected chi connectivity index (χ0v) is 13.3. The van der Waals surface area contributed by atoms with E-state index in [2.05, 4.69) is 21.2 Å². The third-order valence-corrected chi connectivity index (χ3v) is 4.54. The van der Waals surface area contributed by atoms with Gasteiger partial charge in [-0.3, -0.25) is 10.1 Å². The number of fused-ring (bicyclic) bond motifs is 1.